The van der Waals surface area contributed by atoms with Gasteiger partial charge >= 0.3 is 0 Å². The molecule has 0 aliphatic rings. The Kier molecular flexibility index (Phi) is 3.00. The van der Waals surface area contributed by atoms with Gasteiger partial charge in [-0.15, -0.1) is 11.8 Å². The average molecular weight is 183 g/mol. The van der Waals surface area contributed by atoms with Gasteiger partial charge < -0.3 is 10.8 Å². The van der Waals surface area contributed by atoms with Crippen LogP contribution in [0.25, 0.3) is 0 Å². The molecule has 0 aliphatic heterocycles. The van der Waals surface area contributed by atoms with Crippen LogP contribution < -0.4 is 5.73 Å². The smallest absolute Gasteiger partial charge is 0.133 e. The van der Waals surface area contributed by atoms with Crippen LogP contribution in [0.4, 0.5) is 0 Å². The number of aromatic hydroxyl groups is 1. The Bertz CT molecular complexity index is 273. The SMILES string of the molecule is CSc1cccc([C@@H](C)N)c1O. The molecule has 3 N–H and O–H groups in total. The number of rotatable bonds is 2. The predicted octanol–water partition coefficient (Wildman–Crippen LogP) is 2.13. The Hall–Kier alpha value is -0.670. The first-order chi connectivity index (χ1) is 5.66. The fourth-order valence-corrected chi connectivity index (χ4v) is 1.60. The van der Waals surface area contributed by atoms with Crippen molar-refractivity contribution in [1.82, 2.24) is 0 Å². The molecule has 1 aromatic rings. The highest BCUT2D eigenvalue weighted by atomic mass is 32.2. The lowest BCUT2D eigenvalue weighted by Gasteiger charge is -2.10. The van der Waals surface area contributed by atoms with Gasteiger partial charge in [-0.05, 0) is 19.2 Å². The first-order valence-corrected chi connectivity index (χ1v) is 5.00. The number of thioether (sulfide) groups is 1. The van der Waals surface area contributed by atoms with Crippen molar-refractivity contribution in [3.8, 4) is 5.75 Å². The Morgan fingerprint density at radius 1 is 1.50 bits per heavy atom. The maximum Gasteiger partial charge on any atom is 0.133 e. The van der Waals surface area contributed by atoms with Crippen molar-refractivity contribution in [1.29, 1.82) is 0 Å². The maximum atomic E-state index is 9.66. The Morgan fingerprint density at radius 2 is 2.17 bits per heavy atom. The zero-order chi connectivity index (χ0) is 9.14. The maximum absolute atomic E-state index is 9.66. The third-order valence-electron chi connectivity index (χ3n) is 1.74. The first kappa shape index (κ1) is 9.42. The number of phenols is 1. The van der Waals surface area contributed by atoms with Crippen LogP contribution in [-0.4, -0.2) is 11.4 Å². The van der Waals surface area contributed by atoms with Gasteiger partial charge in [0.05, 0.1) is 0 Å². The molecule has 0 unspecified atom stereocenters. The molecule has 0 saturated carbocycles. The highest BCUT2D eigenvalue weighted by molar-refractivity contribution is 7.98. The summed E-state index contributed by atoms with van der Waals surface area (Å²) in [6, 6.07) is 5.52. The monoisotopic (exact) mass is 183 g/mol. The van der Waals surface area contributed by atoms with Crippen LogP contribution in [0.2, 0.25) is 0 Å². The van der Waals surface area contributed by atoms with Crippen molar-refractivity contribution in [3.63, 3.8) is 0 Å². The van der Waals surface area contributed by atoms with E-state index in [1.54, 1.807) is 0 Å². The molecule has 1 aromatic carbocycles. The molecule has 0 radical (unpaired) electrons. The fraction of sp³-hybridized carbons (Fsp3) is 0.333. The second kappa shape index (κ2) is 3.83. The van der Waals surface area contributed by atoms with Crippen LogP contribution in [0.3, 0.4) is 0 Å². The minimum Gasteiger partial charge on any atom is -0.506 e. The van der Waals surface area contributed by atoms with Crippen LogP contribution in [0.5, 0.6) is 5.75 Å². The summed E-state index contributed by atoms with van der Waals surface area (Å²) in [6.45, 7) is 1.86. The largest absolute Gasteiger partial charge is 0.506 e. The Balaban J connectivity index is 3.14. The molecule has 66 valence electrons. The Labute approximate surface area is 76.8 Å². The fourth-order valence-electron chi connectivity index (χ4n) is 1.07. The van der Waals surface area contributed by atoms with Gasteiger partial charge in [-0.25, -0.2) is 0 Å². The molecule has 2 nitrogen and oxygen atoms in total. The molecule has 1 rings (SSSR count). The van der Waals surface area contributed by atoms with E-state index in [2.05, 4.69) is 0 Å². The molecule has 3 heteroatoms. The van der Waals surface area contributed by atoms with Gasteiger partial charge in [0, 0.05) is 16.5 Å². The van der Waals surface area contributed by atoms with Crippen LogP contribution in [0.15, 0.2) is 23.1 Å². The van der Waals surface area contributed by atoms with E-state index in [-0.39, 0.29) is 6.04 Å². The third kappa shape index (κ3) is 1.73. The van der Waals surface area contributed by atoms with E-state index in [0.29, 0.717) is 5.75 Å². The van der Waals surface area contributed by atoms with Crippen LogP contribution in [0, 0.1) is 0 Å². The van der Waals surface area contributed by atoms with E-state index in [1.807, 2.05) is 31.4 Å². The van der Waals surface area contributed by atoms with Crippen molar-refractivity contribution in [2.75, 3.05) is 6.26 Å². The summed E-state index contributed by atoms with van der Waals surface area (Å²) >= 11 is 1.52. The summed E-state index contributed by atoms with van der Waals surface area (Å²) < 4.78 is 0. The van der Waals surface area contributed by atoms with Gasteiger partial charge in [-0.3, -0.25) is 0 Å². The first-order valence-electron chi connectivity index (χ1n) is 3.78. The Morgan fingerprint density at radius 3 is 2.67 bits per heavy atom. The van der Waals surface area contributed by atoms with E-state index >= 15 is 0 Å². The highest BCUT2D eigenvalue weighted by Crippen LogP contribution is 2.32. The molecule has 12 heavy (non-hydrogen) atoms. The van der Waals surface area contributed by atoms with Gasteiger partial charge in [0.15, 0.2) is 0 Å². The number of hydrogen-bond acceptors (Lipinski definition) is 3. The summed E-state index contributed by atoms with van der Waals surface area (Å²) in [5.74, 6) is 0.319. The second-order valence-electron chi connectivity index (χ2n) is 2.69. The van der Waals surface area contributed by atoms with Gasteiger partial charge in [-0.1, -0.05) is 12.1 Å². The van der Waals surface area contributed by atoms with Gasteiger partial charge in [0.25, 0.3) is 0 Å². The van der Waals surface area contributed by atoms with E-state index < -0.39 is 0 Å². The minimum atomic E-state index is -0.114. The zero-order valence-electron chi connectivity index (χ0n) is 7.24. The van der Waals surface area contributed by atoms with Crippen LogP contribution in [-0.2, 0) is 0 Å². The quantitative estimate of drug-likeness (QED) is 0.690. The number of phenolic OH excluding ortho intramolecular Hbond substituents is 1. The second-order valence-corrected chi connectivity index (χ2v) is 3.53. The molecule has 0 aliphatic carbocycles. The lowest BCUT2D eigenvalue weighted by Crippen LogP contribution is -2.05. The zero-order valence-corrected chi connectivity index (χ0v) is 8.06. The molecular weight excluding hydrogens is 170 g/mol. The van der Waals surface area contributed by atoms with E-state index in [4.69, 9.17) is 5.73 Å². The van der Waals surface area contributed by atoms with Crippen molar-refractivity contribution < 1.29 is 5.11 Å². The van der Waals surface area contributed by atoms with Crippen molar-refractivity contribution in [2.24, 2.45) is 5.73 Å². The van der Waals surface area contributed by atoms with Crippen molar-refractivity contribution in [3.05, 3.63) is 23.8 Å². The van der Waals surface area contributed by atoms with Crippen molar-refractivity contribution in [2.45, 2.75) is 17.9 Å². The number of hydrogen-bond donors (Lipinski definition) is 2. The third-order valence-corrected chi connectivity index (χ3v) is 2.51. The molecule has 0 amide bonds. The topological polar surface area (TPSA) is 46.2 Å². The minimum absolute atomic E-state index is 0.114. The summed E-state index contributed by atoms with van der Waals surface area (Å²) in [6.07, 6.45) is 1.93. The highest BCUT2D eigenvalue weighted by Gasteiger charge is 2.08. The van der Waals surface area contributed by atoms with Gasteiger partial charge in [0.1, 0.15) is 5.75 Å². The van der Waals surface area contributed by atoms with Gasteiger partial charge in [0.2, 0.25) is 0 Å². The van der Waals surface area contributed by atoms with Crippen LogP contribution >= 0.6 is 11.8 Å². The molecule has 1 atom stereocenters. The molecule has 0 heterocycles. The normalized spacial score (nSPS) is 12.9. The average Bonchev–Trinajstić information content (AvgIpc) is 2.04. The molecule has 0 spiro atoms. The lowest BCUT2D eigenvalue weighted by atomic mass is 10.1. The lowest BCUT2D eigenvalue weighted by molar-refractivity contribution is 0.451. The molecule has 0 saturated heterocycles. The molecule has 0 aromatic heterocycles. The summed E-state index contributed by atoms with van der Waals surface area (Å²) in [7, 11) is 0. The number of para-hydroxylation sites is 1. The molecular formula is C9H13NOS. The van der Waals surface area contributed by atoms with Gasteiger partial charge in [-0.2, -0.15) is 0 Å². The summed E-state index contributed by atoms with van der Waals surface area (Å²) in [4.78, 5) is 0.879. The predicted molar refractivity (Wildman–Crippen MR) is 52.5 cm³/mol. The summed E-state index contributed by atoms with van der Waals surface area (Å²) in [5, 5.41) is 9.66. The van der Waals surface area contributed by atoms with E-state index in [1.165, 1.54) is 11.8 Å². The summed E-state index contributed by atoms with van der Waals surface area (Å²) in [5.41, 5.74) is 6.48. The number of benzene rings is 1. The number of nitrogens with two attached hydrogens (primary N) is 1. The van der Waals surface area contributed by atoms with Crippen LogP contribution in [0.1, 0.15) is 18.5 Å². The molecule has 0 fully saturated rings. The van der Waals surface area contributed by atoms with E-state index in [0.717, 1.165) is 10.5 Å². The van der Waals surface area contributed by atoms with Crippen molar-refractivity contribution >= 4 is 11.8 Å². The molecule has 0 bridgehead atoms. The standard InChI is InChI=1S/C9H13NOS/c1-6(10)7-4-3-5-8(12-2)9(7)11/h3-6,11H,10H2,1-2H3/t6-/m1/s1. The van der Waals surface area contributed by atoms with E-state index in [9.17, 15) is 5.11 Å².